The third-order valence-electron chi connectivity index (χ3n) is 4.55. The Balaban J connectivity index is -0.00000274. The van der Waals surface area contributed by atoms with E-state index in [0.29, 0.717) is 85.7 Å². The van der Waals surface area contributed by atoms with Crippen LogP contribution < -0.4 is 5.32 Å². The van der Waals surface area contributed by atoms with E-state index >= 15 is 0 Å². The SMILES string of the molecule is C=N.CC.CCCCCN/C=C(\CCC)COCCOCCOCCOCCOCCOCCC(C)=O. The smallest absolute Gasteiger partial charge is 0.132 e. The monoisotopic (exact) mass is 534 g/mol. The van der Waals surface area contributed by atoms with Gasteiger partial charge in [-0.3, -0.25) is 4.79 Å². The molecule has 2 N–H and O–H groups in total. The van der Waals surface area contributed by atoms with E-state index < -0.39 is 0 Å². The van der Waals surface area contributed by atoms with Crippen molar-refractivity contribution in [3.05, 3.63) is 11.8 Å². The molecule has 0 bridgehead atoms. The van der Waals surface area contributed by atoms with Gasteiger partial charge in [-0.1, -0.05) is 47.0 Å². The summed E-state index contributed by atoms with van der Waals surface area (Å²) in [5, 5.41) is 8.90. The van der Waals surface area contributed by atoms with Gasteiger partial charge in [-0.2, -0.15) is 0 Å². The van der Waals surface area contributed by atoms with Crippen LogP contribution in [0.1, 0.15) is 73.1 Å². The van der Waals surface area contributed by atoms with E-state index in [0.717, 1.165) is 19.4 Å². The topological polar surface area (TPSA) is 108 Å². The lowest BCUT2D eigenvalue weighted by molar-refractivity contribution is -0.118. The van der Waals surface area contributed by atoms with Gasteiger partial charge in [-0.25, -0.2) is 0 Å². The van der Waals surface area contributed by atoms with Gasteiger partial charge in [0.1, 0.15) is 5.78 Å². The van der Waals surface area contributed by atoms with Crippen LogP contribution in [0.15, 0.2) is 11.8 Å². The third kappa shape index (κ3) is 39.3. The number of ketones is 1. The number of carbonyl (C=O) groups is 1. The number of hydrogen-bond donors (Lipinski definition) is 2. The van der Waals surface area contributed by atoms with Crippen LogP contribution in [0.5, 0.6) is 0 Å². The normalized spacial score (nSPS) is 10.8. The molecule has 0 heterocycles. The number of Topliss-reactive ketones (excluding diaryl/α,β-unsaturated/α-hetero) is 1. The predicted molar refractivity (Wildman–Crippen MR) is 152 cm³/mol. The van der Waals surface area contributed by atoms with Crippen LogP contribution in [0.4, 0.5) is 0 Å². The highest BCUT2D eigenvalue weighted by Gasteiger charge is 1.98. The summed E-state index contributed by atoms with van der Waals surface area (Å²) in [6.07, 6.45) is 8.48. The molecular formula is C28H58N2O7. The van der Waals surface area contributed by atoms with Gasteiger partial charge in [0.25, 0.3) is 0 Å². The summed E-state index contributed by atoms with van der Waals surface area (Å²) in [6, 6.07) is 0. The van der Waals surface area contributed by atoms with E-state index in [9.17, 15) is 4.79 Å². The highest BCUT2D eigenvalue weighted by molar-refractivity contribution is 5.75. The Kier molecular flexibility index (Phi) is 42.5. The molecule has 0 fully saturated rings. The number of hydrogen-bond acceptors (Lipinski definition) is 9. The second-order valence-electron chi connectivity index (χ2n) is 7.78. The van der Waals surface area contributed by atoms with Gasteiger partial charge in [-0.05, 0) is 38.3 Å². The van der Waals surface area contributed by atoms with Crippen LogP contribution in [-0.4, -0.2) is 98.3 Å². The molecule has 0 amide bonds. The molecule has 0 aliphatic carbocycles. The van der Waals surface area contributed by atoms with Crippen LogP contribution in [-0.2, 0) is 33.2 Å². The highest BCUT2D eigenvalue weighted by Crippen LogP contribution is 2.04. The third-order valence-corrected chi connectivity index (χ3v) is 4.55. The van der Waals surface area contributed by atoms with Crippen molar-refractivity contribution in [3.63, 3.8) is 0 Å². The summed E-state index contributed by atoms with van der Waals surface area (Å²) in [7, 11) is 0. The Labute approximate surface area is 227 Å². The number of rotatable bonds is 27. The van der Waals surface area contributed by atoms with E-state index in [-0.39, 0.29) is 5.78 Å². The highest BCUT2D eigenvalue weighted by atomic mass is 16.6. The van der Waals surface area contributed by atoms with E-state index in [1.54, 1.807) is 6.92 Å². The van der Waals surface area contributed by atoms with Gasteiger partial charge >= 0.3 is 0 Å². The second kappa shape index (κ2) is 39.2. The molecule has 0 spiro atoms. The van der Waals surface area contributed by atoms with Crippen molar-refractivity contribution in [2.24, 2.45) is 0 Å². The molecule has 222 valence electrons. The lowest BCUT2D eigenvalue weighted by Gasteiger charge is -2.10. The first-order valence-corrected chi connectivity index (χ1v) is 13.9. The zero-order chi connectivity index (χ0) is 28.2. The Morgan fingerprint density at radius 3 is 1.51 bits per heavy atom. The molecule has 0 radical (unpaired) electrons. The summed E-state index contributed by atoms with van der Waals surface area (Å²) in [4.78, 5) is 10.7. The van der Waals surface area contributed by atoms with Crippen molar-refractivity contribution in [1.29, 1.82) is 5.41 Å². The standard InChI is InChI=1S/C25H49NO7.C2H6.CH3N/c1-4-6-7-10-26-22-25(8-5-2)23-33-21-20-32-19-18-31-17-16-30-15-14-29-13-12-28-11-9-24(3)27;2*1-2/h22,26H,4-21,23H2,1-3H3;1-2H3;2H,1H2/b25-22+;;. The molecule has 0 unspecified atom stereocenters. The lowest BCUT2D eigenvalue weighted by atomic mass is 10.2. The van der Waals surface area contributed by atoms with Crippen LogP contribution in [0.2, 0.25) is 0 Å². The van der Waals surface area contributed by atoms with Crippen molar-refractivity contribution in [2.45, 2.75) is 73.1 Å². The molecule has 0 atom stereocenters. The quantitative estimate of drug-likeness (QED) is 0.114. The summed E-state index contributed by atoms with van der Waals surface area (Å²) in [6.45, 7) is 19.9. The Morgan fingerprint density at radius 2 is 1.11 bits per heavy atom. The molecule has 0 aromatic heterocycles. The Hall–Kier alpha value is -1.36. The van der Waals surface area contributed by atoms with E-state index in [2.05, 4.69) is 32.1 Å². The molecule has 0 rings (SSSR count). The molecule has 0 aliphatic rings. The van der Waals surface area contributed by atoms with Gasteiger partial charge < -0.3 is 39.1 Å². The number of carbonyl (C=O) groups excluding carboxylic acids is 1. The first kappa shape index (κ1) is 40.1. The number of unbranched alkanes of at least 4 members (excludes halogenated alkanes) is 2. The molecule has 0 aromatic rings. The molecule has 0 saturated heterocycles. The van der Waals surface area contributed by atoms with Gasteiger partial charge in [0.15, 0.2) is 0 Å². The molecule has 37 heavy (non-hydrogen) atoms. The predicted octanol–water partition coefficient (Wildman–Crippen LogP) is 4.82. The van der Waals surface area contributed by atoms with Gasteiger partial charge in [0, 0.05) is 13.0 Å². The average molecular weight is 535 g/mol. The first-order valence-electron chi connectivity index (χ1n) is 13.9. The lowest BCUT2D eigenvalue weighted by Crippen LogP contribution is -2.14. The molecule has 0 aliphatic heterocycles. The summed E-state index contributed by atoms with van der Waals surface area (Å²) >= 11 is 0. The zero-order valence-corrected chi connectivity index (χ0v) is 24.6. The van der Waals surface area contributed by atoms with Crippen molar-refractivity contribution in [3.8, 4) is 0 Å². The van der Waals surface area contributed by atoms with E-state index in [1.165, 1.54) is 24.8 Å². The average Bonchev–Trinajstić information content (AvgIpc) is 2.91. The summed E-state index contributed by atoms with van der Waals surface area (Å²) in [5.74, 6) is 0.137. The van der Waals surface area contributed by atoms with Crippen LogP contribution in [0.3, 0.4) is 0 Å². The Bertz CT molecular complexity index is 466. The molecule has 0 saturated carbocycles. The number of nitrogens with one attached hydrogen (secondary N) is 2. The fourth-order valence-electron chi connectivity index (χ4n) is 2.72. The van der Waals surface area contributed by atoms with Crippen LogP contribution in [0, 0.1) is 5.41 Å². The molecule has 0 aromatic carbocycles. The minimum absolute atomic E-state index is 0.137. The van der Waals surface area contributed by atoms with Crippen molar-refractivity contribution in [1.82, 2.24) is 5.32 Å². The molecular weight excluding hydrogens is 476 g/mol. The maximum absolute atomic E-state index is 10.7. The van der Waals surface area contributed by atoms with Gasteiger partial charge in [-0.15, -0.1) is 0 Å². The first-order chi connectivity index (χ1) is 18.2. The second-order valence-corrected chi connectivity index (χ2v) is 7.78. The van der Waals surface area contributed by atoms with Crippen molar-refractivity contribution in [2.75, 3.05) is 85.8 Å². The van der Waals surface area contributed by atoms with Crippen molar-refractivity contribution < 1.29 is 33.2 Å². The Morgan fingerprint density at radius 1 is 0.676 bits per heavy atom. The van der Waals surface area contributed by atoms with E-state index in [1.807, 2.05) is 13.8 Å². The van der Waals surface area contributed by atoms with Gasteiger partial charge in [0.2, 0.25) is 0 Å². The van der Waals surface area contributed by atoms with Crippen LogP contribution in [0.25, 0.3) is 0 Å². The number of ether oxygens (including phenoxy) is 6. The minimum atomic E-state index is 0.137. The largest absolute Gasteiger partial charge is 0.391 e. The van der Waals surface area contributed by atoms with Gasteiger partial charge in [0.05, 0.1) is 79.3 Å². The minimum Gasteiger partial charge on any atom is -0.391 e. The summed E-state index contributed by atoms with van der Waals surface area (Å²) < 4.78 is 32.8. The van der Waals surface area contributed by atoms with Crippen LogP contribution >= 0.6 is 0 Å². The summed E-state index contributed by atoms with van der Waals surface area (Å²) in [5.41, 5.74) is 1.31. The fourth-order valence-corrected chi connectivity index (χ4v) is 2.72. The maximum atomic E-state index is 10.7. The van der Waals surface area contributed by atoms with Crippen molar-refractivity contribution >= 4 is 12.5 Å². The van der Waals surface area contributed by atoms with E-state index in [4.69, 9.17) is 33.8 Å². The molecule has 9 nitrogen and oxygen atoms in total. The molecule has 9 heteroatoms. The zero-order valence-electron chi connectivity index (χ0n) is 24.6. The maximum Gasteiger partial charge on any atom is 0.132 e. The fraction of sp³-hybridized carbons (Fsp3) is 0.857.